The fourth-order valence-corrected chi connectivity index (χ4v) is 6.87. The SMILES string of the molecule is CC(c1nnc(-c2cn3c(c(O)c2=O)C(=O)N(C)C2(CC[C@H]4C[C@H]42)N3C)s1)c1ccc(F)cc1F. The van der Waals surface area contributed by atoms with Crippen molar-refractivity contribution in [1.29, 1.82) is 0 Å². The van der Waals surface area contributed by atoms with Crippen molar-refractivity contribution in [3.63, 3.8) is 0 Å². The van der Waals surface area contributed by atoms with Gasteiger partial charge >= 0.3 is 0 Å². The molecule has 3 heterocycles. The fourth-order valence-electron chi connectivity index (χ4n) is 5.95. The summed E-state index contributed by atoms with van der Waals surface area (Å²) in [5.41, 5.74) is -0.943. The van der Waals surface area contributed by atoms with Gasteiger partial charge in [0.05, 0.1) is 5.56 Å². The molecule has 3 aliphatic rings. The van der Waals surface area contributed by atoms with Crippen LogP contribution in [0.3, 0.4) is 0 Å². The highest BCUT2D eigenvalue weighted by Crippen LogP contribution is 2.61. The summed E-state index contributed by atoms with van der Waals surface area (Å²) in [4.78, 5) is 28.1. The first-order valence-electron chi connectivity index (χ1n) is 11.4. The van der Waals surface area contributed by atoms with Crippen molar-refractivity contribution in [3.05, 3.63) is 62.5 Å². The molecule has 2 unspecified atom stereocenters. The molecule has 1 aliphatic heterocycles. The fraction of sp³-hybridized carbons (Fsp3) is 0.417. The lowest BCUT2D eigenvalue weighted by Gasteiger charge is -2.52. The predicted octanol–water partition coefficient (Wildman–Crippen LogP) is 3.28. The van der Waals surface area contributed by atoms with Crippen molar-refractivity contribution < 1.29 is 18.7 Å². The monoisotopic (exact) mass is 499 g/mol. The Labute approximate surface area is 203 Å². The van der Waals surface area contributed by atoms with Gasteiger partial charge in [-0.2, -0.15) is 0 Å². The third-order valence-corrected chi connectivity index (χ3v) is 9.15. The number of carbonyl (C=O) groups is 1. The van der Waals surface area contributed by atoms with Crippen molar-refractivity contribution in [1.82, 2.24) is 19.8 Å². The number of rotatable bonds is 3. The zero-order valence-corrected chi connectivity index (χ0v) is 20.1. The number of aromatic nitrogens is 3. The molecule has 1 N–H and O–H groups in total. The third-order valence-electron chi connectivity index (χ3n) is 8.01. The second-order valence-electron chi connectivity index (χ2n) is 9.65. The van der Waals surface area contributed by atoms with Gasteiger partial charge in [0.1, 0.15) is 22.3 Å². The Morgan fingerprint density at radius 2 is 2.00 bits per heavy atom. The summed E-state index contributed by atoms with van der Waals surface area (Å²) < 4.78 is 29.2. The molecule has 2 saturated carbocycles. The minimum Gasteiger partial charge on any atom is -0.502 e. The summed E-state index contributed by atoms with van der Waals surface area (Å²) in [6.07, 6.45) is 4.42. The predicted molar refractivity (Wildman–Crippen MR) is 125 cm³/mol. The maximum absolute atomic E-state index is 14.3. The van der Waals surface area contributed by atoms with Crippen LogP contribution >= 0.6 is 11.3 Å². The van der Waals surface area contributed by atoms with Crippen molar-refractivity contribution in [2.24, 2.45) is 11.8 Å². The molecule has 1 aromatic carbocycles. The lowest BCUT2D eigenvalue weighted by Crippen LogP contribution is -2.68. The van der Waals surface area contributed by atoms with E-state index in [0.717, 1.165) is 36.7 Å². The van der Waals surface area contributed by atoms with Crippen LogP contribution in [0.4, 0.5) is 8.78 Å². The Bertz CT molecular complexity index is 1460. The Balaban J connectivity index is 1.43. The Hall–Kier alpha value is -3.34. The molecule has 3 aromatic rings. The number of pyridine rings is 1. The number of aromatic hydroxyl groups is 1. The topological polar surface area (TPSA) is 91.6 Å². The number of fused-ring (bicyclic) bond motifs is 3. The zero-order valence-electron chi connectivity index (χ0n) is 19.3. The molecule has 0 radical (unpaired) electrons. The molecule has 0 bridgehead atoms. The normalized spacial score (nSPS) is 25.7. The van der Waals surface area contributed by atoms with Crippen LogP contribution in [-0.4, -0.2) is 50.5 Å². The molecule has 8 nitrogen and oxygen atoms in total. The smallest absolute Gasteiger partial charge is 0.278 e. The van der Waals surface area contributed by atoms with Crippen LogP contribution in [0.5, 0.6) is 5.75 Å². The maximum Gasteiger partial charge on any atom is 0.278 e. The van der Waals surface area contributed by atoms with Gasteiger partial charge in [0.2, 0.25) is 5.43 Å². The van der Waals surface area contributed by atoms with Crippen LogP contribution in [0.2, 0.25) is 0 Å². The standard InChI is InChI=1S/C24H23F2N5O3S/c1-11(14-5-4-13(25)9-17(14)26)21-27-28-22(35-21)15-10-31-18(20(33)19(15)32)23(34)29(2)24(30(31)3)7-6-12-8-16(12)24/h4-5,9-12,16,33H,6-8H2,1-3H3/t11?,12-,16+,24?/m0/s1. The average Bonchev–Trinajstić information content (AvgIpc) is 3.28. The minimum atomic E-state index is -0.721. The van der Waals surface area contributed by atoms with Crippen LogP contribution in [-0.2, 0) is 0 Å². The number of nitrogens with zero attached hydrogens (tertiary/aromatic N) is 5. The van der Waals surface area contributed by atoms with E-state index in [0.29, 0.717) is 16.8 Å². The van der Waals surface area contributed by atoms with Crippen molar-refractivity contribution in [2.45, 2.75) is 37.8 Å². The Kier molecular flexibility index (Phi) is 4.64. The van der Waals surface area contributed by atoms with Crippen molar-refractivity contribution >= 4 is 17.2 Å². The van der Waals surface area contributed by atoms with Gasteiger partial charge < -0.3 is 10.0 Å². The maximum atomic E-state index is 14.3. The van der Waals surface area contributed by atoms with Crippen molar-refractivity contribution in [3.8, 4) is 16.3 Å². The third kappa shape index (κ3) is 2.93. The summed E-state index contributed by atoms with van der Waals surface area (Å²) in [6, 6.07) is 3.35. The van der Waals surface area contributed by atoms with Crippen LogP contribution in [0, 0.1) is 23.5 Å². The molecule has 182 valence electrons. The molecular weight excluding hydrogens is 476 g/mol. The number of amides is 1. The summed E-state index contributed by atoms with van der Waals surface area (Å²) in [7, 11) is 3.60. The van der Waals surface area contributed by atoms with E-state index in [1.807, 2.05) is 12.1 Å². The average molecular weight is 500 g/mol. The van der Waals surface area contributed by atoms with E-state index >= 15 is 0 Å². The lowest BCUT2D eigenvalue weighted by molar-refractivity contribution is 0.0330. The molecule has 0 saturated heterocycles. The number of carbonyl (C=O) groups excluding carboxylic acids is 1. The van der Waals surface area contributed by atoms with E-state index in [-0.39, 0.29) is 21.8 Å². The van der Waals surface area contributed by atoms with E-state index < -0.39 is 40.3 Å². The molecule has 2 aliphatic carbocycles. The van der Waals surface area contributed by atoms with Gasteiger partial charge in [0.15, 0.2) is 16.5 Å². The van der Waals surface area contributed by atoms with Gasteiger partial charge in [-0.3, -0.25) is 19.3 Å². The van der Waals surface area contributed by atoms with Crippen LogP contribution in [0.15, 0.2) is 29.2 Å². The first-order valence-corrected chi connectivity index (χ1v) is 12.3. The van der Waals surface area contributed by atoms with Crippen molar-refractivity contribution in [2.75, 3.05) is 19.1 Å². The van der Waals surface area contributed by atoms with E-state index in [4.69, 9.17) is 0 Å². The zero-order chi connectivity index (χ0) is 24.8. The molecule has 4 atom stereocenters. The first-order chi connectivity index (χ1) is 16.6. The summed E-state index contributed by atoms with van der Waals surface area (Å²) in [6.45, 7) is 1.72. The molecule has 11 heteroatoms. The van der Waals surface area contributed by atoms with E-state index in [2.05, 4.69) is 10.2 Å². The Morgan fingerprint density at radius 1 is 1.23 bits per heavy atom. The van der Waals surface area contributed by atoms with Crippen LogP contribution in [0.25, 0.3) is 10.6 Å². The summed E-state index contributed by atoms with van der Waals surface area (Å²) >= 11 is 1.09. The van der Waals surface area contributed by atoms with Gasteiger partial charge in [-0.05, 0) is 36.8 Å². The van der Waals surface area contributed by atoms with Gasteiger partial charge in [-0.1, -0.05) is 24.3 Å². The number of hydrogen-bond donors (Lipinski definition) is 1. The molecule has 1 amide bonds. The highest BCUT2D eigenvalue weighted by atomic mass is 32.1. The Morgan fingerprint density at radius 3 is 2.66 bits per heavy atom. The van der Waals surface area contributed by atoms with Crippen LogP contribution < -0.4 is 10.4 Å². The van der Waals surface area contributed by atoms with Gasteiger partial charge in [-0.15, -0.1) is 10.2 Å². The van der Waals surface area contributed by atoms with E-state index in [1.54, 1.807) is 23.5 Å². The minimum absolute atomic E-state index is 0.0787. The molecule has 35 heavy (non-hydrogen) atoms. The van der Waals surface area contributed by atoms with E-state index in [9.17, 15) is 23.5 Å². The van der Waals surface area contributed by atoms with E-state index in [1.165, 1.54) is 18.3 Å². The lowest BCUT2D eigenvalue weighted by atomic mass is 9.98. The molecular formula is C24H23F2N5O3S. The highest BCUT2D eigenvalue weighted by Gasteiger charge is 2.65. The molecule has 6 rings (SSSR count). The summed E-state index contributed by atoms with van der Waals surface area (Å²) in [5, 5.41) is 21.7. The van der Waals surface area contributed by atoms with Gasteiger partial charge in [-0.25, -0.2) is 8.78 Å². The van der Waals surface area contributed by atoms with Crippen LogP contribution in [0.1, 0.15) is 53.2 Å². The largest absolute Gasteiger partial charge is 0.502 e. The first kappa shape index (κ1) is 22.1. The number of benzene rings is 1. The highest BCUT2D eigenvalue weighted by molar-refractivity contribution is 7.14. The molecule has 2 fully saturated rings. The second-order valence-corrected chi connectivity index (χ2v) is 10.7. The summed E-state index contributed by atoms with van der Waals surface area (Å²) in [5.74, 6) is -1.99. The number of hydrogen-bond acceptors (Lipinski definition) is 7. The quantitative estimate of drug-likeness (QED) is 0.595. The second kappa shape index (κ2) is 7.33. The number of halogens is 2. The molecule has 2 aromatic heterocycles. The molecule has 1 spiro atoms. The van der Waals surface area contributed by atoms with Gasteiger partial charge in [0, 0.05) is 38.2 Å². The van der Waals surface area contributed by atoms with Gasteiger partial charge in [0.25, 0.3) is 5.91 Å².